The molecule has 0 bridgehead atoms. The zero-order valence-electron chi connectivity index (χ0n) is 8.01. The Hall–Kier alpha value is -0.760. The Morgan fingerprint density at radius 2 is 2.20 bits per heavy atom. The summed E-state index contributed by atoms with van der Waals surface area (Å²) >= 11 is 0.583. The molecule has 1 aromatic heterocycles. The van der Waals surface area contributed by atoms with Crippen molar-refractivity contribution in [2.75, 3.05) is 6.54 Å². The molecule has 1 atom stereocenters. The second-order valence-corrected chi connectivity index (χ2v) is 4.10. The van der Waals surface area contributed by atoms with Crippen LogP contribution >= 0.6 is 11.8 Å². The van der Waals surface area contributed by atoms with Gasteiger partial charge in [-0.05, 0) is 19.9 Å². The lowest BCUT2D eigenvalue weighted by Crippen LogP contribution is -2.28. The third-order valence-electron chi connectivity index (χ3n) is 1.62. The van der Waals surface area contributed by atoms with E-state index in [4.69, 9.17) is 5.73 Å². The highest BCUT2D eigenvalue weighted by atomic mass is 32.2. The van der Waals surface area contributed by atoms with Gasteiger partial charge in [0.25, 0.3) is 0 Å². The lowest BCUT2D eigenvalue weighted by Gasteiger charge is -2.16. The predicted octanol–water partition coefficient (Wildman–Crippen LogP) is 1.48. The van der Waals surface area contributed by atoms with Crippen molar-refractivity contribution in [1.82, 2.24) is 15.2 Å². The number of hydrogen-bond donors (Lipinski definition) is 2. The molecule has 0 aromatic carbocycles. The summed E-state index contributed by atoms with van der Waals surface area (Å²) in [6.45, 7) is 1.61. The fraction of sp³-hybridized carbons (Fsp3) is 0.714. The minimum Gasteiger partial charge on any atom is -0.330 e. The summed E-state index contributed by atoms with van der Waals surface area (Å²) in [7, 11) is 0. The third kappa shape index (κ3) is 3.71. The van der Waals surface area contributed by atoms with E-state index in [1.807, 2.05) is 0 Å². The molecule has 0 aliphatic heterocycles. The number of rotatable bonds is 4. The van der Waals surface area contributed by atoms with Gasteiger partial charge in [0, 0.05) is 0 Å². The van der Waals surface area contributed by atoms with E-state index in [0.717, 1.165) is 0 Å². The summed E-state index contributed by atoms with van der Waals surface area (Å²) in [6.07, 6.45) is -4.42. The number of alkyl halides is 3. The first-order valence-electron chi connectivity index (χ1n) is 4.26. The van der Waals surface area contributed by atoms with Crippen LogP contribution in [0.4, 0.5) is 13.2 Å². The molecular formula is C7H11F3N4S. The predicted molar refractivity (Wildman–Crippen MR) is 50.5 cm³/mol. The Morgan fingerprint density at radius 3 is 2.60 bits per heavy atom. The number of aromatic amines is 1. The van der Waals surface area contributed by atoms with E-state index in [-0.39, 0.29) is 18.1 Å². The van der Waals surface area contributed by atoms with Crippen LogP contribution in [-0.2, 0) is 0 Å². The average Bonchev–Trinajstić information content (AvgIpc) is 2.49. The summed E-state index contributed by atoms with van der Waals surface area (Å²) in [5.41, 5.74) is 5.12. The molecule has 1 rings (SSSR count). The van der Waals surface area contributed by atoms with E-state index >= 15 is 0 Å². The fourth-order valence-electron chi connectivity index (χ4n) is 0.943. The van der Waals surface area contributed by atoms with E-state index in [1.165, 1.54) is 0 Å². The van der Waals surface area contributed by atoms with Gasteiger partial charge in [-0.15, -0.1) is 5.10 Å². The van der Waals surface area contributed by atoms with Crippen molar-refractivity contribution in [3.05, 3.63) is 5.82 Å². The van der Waals surface area contributed by atoms with Gasteiger partial charge < -0.3 is 5.73 Å². The molecule has 4 nitrogen and oxygen atoms in total. The van der Waals surface area contributed by atoms with E-state index in [1.54, 1.807) is 6.92 Å². The van der Waals surface area contributed by atoms with Crippen LogP contribution in [0.15, 0.2) is 5.16 Å². The van der Waals surface area contributed by atoms with Crippen LogP contribution < -0.4 is 5.73 Å². The number of nitrogens with one attached hydrogen (secondary N) is 1. The van der Waals surface area contributed by atoms with Gasteiger partial charge in [-0.1, -0.05) is 11.8 Å². The molecule has 0 aliphatic rings. The minimum atomic E-state index is -4.28. The number of nitrogens with zero attached hydrogens (tertiary/aromatic N) is 2. The van der Waals surface area contributed by atoms with Crippen LogP contribution in [0, 0.1) is 6.92 Å². The molecule has 1 heterocycles. The molecular weight excluding hydrogens is 229 g/mol. The van der Waals surface area contributed by atoms with E-state index < -0.39 is 11.4 Å². The van der Waals surface area contributed by atoms with Crippen molar-refractivity contribution >= 4 is 11.8 Å². The molecule has 1 aromatic rings. The van der Waals surface area contributed by atoms with Crippen LogP contribution in [0.3, 0.4) is 0 Å². The van der Waals surface area contributed by atoms with Gasteiger partial charge in [-0.2, -0.15) is 13.2 Å². The fourth-order valence-corrected chi connectivity index (χ4v) is 1.87. The summed E-state index contributed by atoms with van der Waals surface area (Å²) in [6, 6.07) is 0. The topological polar surface area (TPSA) is 67.6 Å². The smallest absolute Gasteiger partial charge is 0.330 e. The first-order valence-corrected chi connectivity index (χ1v) is 5.14. The van der Waals surface area contributed by atoms with Crippen LogP contribution in [0.2, 0.25) is 0 Å². The molecule has 0 amide bonds. The Balaban J connectivity index is 2.66. The second kappa shape index (κ2) is 4.84. The van der Waals surface area contributed by atoms with Gasteiger partial charge in [0.15, 0.2) is 0 Å². The Kier molecular flexibility index (Phi) is 3.97. The number of halogens is 3. The minimum absolute atomic E-state index is 0.0133. The van der Waals surface area contributed by atoms with Crippen LogP contribution in [0.25, 0.3) is 0 Å². The van der Waals surface area contributed by atoms with Crippen molar-refractivity contribution < 1.29 is 13.2 Å². The molecule has 0 saturated heterocycles. The molecule has 3 N–H and O–H groups in total. The van der Waals surface area contributed by atoms with Crippen molar-refractivity contribution in [3.63, 3.8) is 0 Å². The normalized spacial score (nSPS) is 14.2. The molecule has 8 heteroatoms. The quantitative estimate of drug-likeness (QED) is 0.782. The Labute approximate surface area is 88.8 Å². The lowest BCUT2D eigenvalue weighted by molar-refractivity contribution is -0.129. The Bertz CT molecular complexity index is 311. The average molecular weight is 240 g/mol. The number of nitrogens with two attached hydrogens (primary N) is 1. The van der Waals surface area contributed by atoms with E-state index in [2.05, 4.69) is 15.2 Å². The highest BCUT2D eigenvalue weighted by Crippen LogP contribution is 2.35. The molecule has 86 valence electrons. The largest absolute Gasteiger partial charge is 0.401 e. The number of H-pyrrole nitrogens is 1. The molecule has 0 fully saturated rings. The van der Waals surface area contributed by atoms with E-state index in [0.29, 0.717) is 17.6 Å². The zero-order valence-corrected chi connectivity index (χ0v) is 8.82. The number of thioether (sulfide) groups is 1. The van der Waals surface area contributed by atoms with Crippen molar-refractivity contribution in [1.29, 1.82) is 0 Å². The third-order valence-corrected chi connectivity index (χ3v) is 2.80. The number of aryl methyl sites for hydroxylation is 1. The highest BCUT2D eigenvalue weighted by Gasteiger charge is 2.40. The number of aromatic nitrogens is 3. The maximum atomic E-state index is 12.5. The summed E-state index contributed by atoms with van der Waals surface area (Å²) in [5.74, 6) is 0.492. The molecule has 0 radical (unpaired) electrons. The number of hydrogen-bond acceptors (Lipinski definition) is 4. The maximum Gasteiger partial charge on any atom is 0.401 e. The van der Waals surface area contributed by atoms with Gasteiger partial charge >= 0.3 is 6.18 Å². The van der Waals surface area contributed by atoms with Gasteiger partial charge in [0.2, 0.25) is 5.16 Å². The van der Waals surface area contributed by atoms with Crippen LogP contribution in [0.1, 0.15) is 12.2 Å². The highest BCUT2D eigenvalue weighted by molar-refractivity contribution is 7.99. The molecule has 1 unspecified atom stereocenters. The van der Waals surface area contributed by atoms with Gasteiger partial charge in [0.1, 0.15) is 11.1 Å². The molecule has 0 spiro atoms. The van der Waals surface area contributed by atoms with Gasteiger partial charge in [-0.3, -0.25) is 5.10 Å². The molecule has 0 saturated carbocycles. The molecule has 15 heavy (non-hydrogen) atoms. The monoisotopic (exact) mass is 240 g/mol. The molecule has 0 aliphatic carbocycles. The van der Waals surface area contributed by atoms with Crippen molar-refractivity contribution in [3.8, 4) is 0 Å². The first-order chi connectivity index (χ1) is 6.93. The van der Waals surface area contributed by atoms with Gasteiger partial charge in [-0.25, -0.2) is 4.98 Å². The lowest BCUT2D eigenvalue weighted by atomic mass is 10.3. The summed E-state index contributed by atoms with van der Waals surface area (Å²) in [5, 5.41) is 4.68. The second-order valence-electron chi connectivity index (χ2n) is 2.93. The Morgan fingerprint density at radius 1 is 1.53 bits per heavy atom. The standard InChI is InChI=1S/C7H11F3N4S/c1-4-12-6(14-13-4)15-5(2-3-11)7(8,9)10/h5H,2-3,11H2,1H3,(H,12,13,14). The van der Waals surface area contributed by atoms with Crippen LogP contribution in [0.5, 0.6) is 0 Å². The van der Waals surface area contributed by atoms with Crippen molar-refractivity contribution in [2.45, 2.75) is 29.9 Å². The zero-order chi connectivity index (χ0) is 11.5. The van der Waals surface area contributed by atoms with Crippen LogP contribution in [-0.4, -0.2) is 33.2 Å². The summed E-state index contributed by atoms with van der Waals surface area (Å²) in [4.78, 5) is 3.80. The van der Waals surface area contributed by atoms with Gasteiger partial charge in [0.05, 0.1) is 0 Å². The summed E-state index contributed by atoms with van der Waals surface area (Å²) < 4.78 is 37.4. The van der Waals surface area contributed by atoms with Crippen molar-refractivity contribution in [2.24, 2.45) is 5.73 Å². The van der Waals surface area contributed by atoms with E-state index in [9.17, 15) is 13.2 Å². The SMILES string of the molecule is Cc1nc(SC(CCN)C(F)(F)F)n[nH]1. The first kappa shape index (κ1) is 12.3. The maximum absolute atomic E-state index is 12.5.